The molecule has 1 atom stereocenters. The van der Waals surface area contributed by atoms with Gasteiger partial charge in [-0.2, -0.15) is 0 Å². The van der Waals surface area contributed by atoms with E-state index in [0.717, 1.165) is 24.2 Å². The number of nitrogens with zero attached hydrogens (tertiary/aromatic N) is 4. The second kappa shape index (κ2) is 8.20. The van der Waals surface area contributed by atoms with E-state index in [2.05, 4.69) is 27.5 Å². The Hall–Kier alpha value is -2.28. The first-order valence-electron chi connectivity index (χ1n) is 8.98. The van der Waals surface area contributed by atoms with Gasteiger partial charge >= 0.3 is 0 Å². The number of likely N-dealkylation sites (tertiary alicyclic amines) is 1. The number of carbonyl (C=O) groups is 1. The molecule has 1 aliphatic rings. The Morgan fingerprint density at radius 1 is 1.32 bits per heavy atom. The Balaban J connectivity index is 1.48. The summed E-state index contributed by atoms with van der Waals surface area (Å²) in [6.07, 6.45) is 4.75. The van der Waals surface area contributed by atoms with E-state index < -0.39 is 0 Å². The first-order valence-corrected chi connectivity index (χ1v) is 8.98. The van der Waals surface area contributed by atoms with Crippen LogP contribution < -0.4 is 10.9 Å². The predicted octanol–water partition coefficient (Wildman–Crippen LogP) is 1.17. The van der Waals surface area contributed by atoms with Crippen LogP contribution in [0.3, 0.4) is 0 Å². The van der Waals surface area contributed by atoms with Crippen molar-refractivity contribution in [1.82, 2.24) is 25.2 Å². The number of benzene rings is 1. The van der Waals surface area contributed by atoms with Crippen LogP contribution in [0.1, 0.15) is 32.6 Å². The van der Waals surface area contributed by atoms with Crippen molar-refractivity contribution >= 4 is 16.8 Å². The van der Waals surface area contributed by atoms with Crippen molar-refractivity contribution in [3.05, 3.63) is 34.6 Å². The summed E-state index contributed by atoms with van der Waals surface area (Å²) in [5.74, 6) is -0.210. The molecule has 134 valence electrons. The van der Waals surface area contributed by atoms with Gasteiger partial charge in [0.1, 0.15) is 12.1 Å². The van der Waals surface area contributed by atoms with E-state index in [4.69, 9.17) is 0 Å². The largest absolute Gasteiger partial charge is 0.354 e. The number of piperidine rings is 1. The van der Waals surface area contributed by atoms with Gasteiger partial charge in [-0.05, 0) is 44.9 Å². The second-order valence-corrected chi connectivity index (χ2v) is 6.65. The molecule has 0 bridgehead atoms. The number of nitrogens with one attached hydrogen (secondary N) is 1. The van der Waals surface area contributed by atoms with Gasteiger partial charge in [-0.1, -0.05) is 23.8 Å². The normalized spacial score (nSPS) is 18.4. The van der Waals surface area contributed by atoms with Crippen LogP contribution >= 0.6 is 0 Å². The number of carbonyl (C=O) groups excluding carboxylic acids is 1. The molecule has 25 heavy (non-hydrogen) atoms. The van der Waals surface area contributed by atoms with Gasteiger partial charge in [-0.25, -0.2) is 4.68 Å². The SMILES string of the molecule is C[C@H]1CCCCN1CCCNC(=O)Cn1nnc2ccccc2c1=O. The average molecular weight is 343 g/mol. The summed E-state index contributed by atoms with van der Waals surface area (Å²) in [6.45, 7) is 4.92. The Bertz CT molecular complexity index is 788. The van der Waals surface area contributed by atoms with Crippen LogP contribution in [0, 0.1) is 0 Å². The highest BCUT2D eigenvalue weighted by Crippen LogP contribution is 2.16. The number of hydrogen-bond acceptors (Lipinski definition) is 5. The summed E-state index contributed by atoms with van der Waals surface area (Å²) in [7, 11) is 0. The lowest BCUT2D eigenvalue weighted by molar-refractivity contribution is -0.121. The van der Waals surface area contributed by atoms with Crippen LogP contribution in [-0.4, -0.2) is 51.5 Å². The van der Waals surface area contributed by atoms with Crippen molar-refractivity contribution in [1.29, 1.82) is 0 Å². The molecular formula is C18H25N5O2. The van der Waals surface area contributed by atoms with E-state index in [-0.39, 0.29) is 18.0 Å². The molecular weight excluding hydrogens is 318 g/mol. The Morgan fingerprint density at radius 2 is 2.16 bits per heavy atom. The molecule has 2 aromatic rings. The number of aromatic nitrogens is 3. The Labute approximate surface area is 147 Å². The van der Waals surface area contributed by atoms with Gasteiger partial charge in [0.2, 0.25) is 5.91 Å². The summed E-state index contributed by atoms with van der Waals surface area (Å²) in [4.78, 5) is 26.9. The minimum atomic E-state index is -0.289. The zero-order valence-corrected chi connectivity index (χ0v) is 14.6. The lowest BCUT2D eigenvalue weighted by Gasteiger charge is -2.33. The molecule has 0 aliphatic carbocycles. The maximum atomic E-state index is 12.3. The number of rotatable bonds is 6. The maximum absolute atomic E-state index is 12.3. The van der Waals surface area contributed by atoms with Crippen LogP contribution in [0.4, 0.5) is 0 Å². The molecule has 0 radical (unpaired) electrons. The quantitative estimate of drug-likeness (QED) is 0.797. The first-order chi connectivity index (χ1) is 12.1. The summed E-state index contributed by atoms with van der Waals surface area (Å²) >= 11 is 0. The van der Waals surface area contributed by atoms with Crippen LogP contribution in [0.5, 0.6) is 0 Å². The van der Waals surface area contributed by atoms with Crippen LogP contribution in [0.25, 0.3) is 10.9 Å². The van der Waals surface area contributed by atoms with E-state index in [1.165, 1.54) is 19.3 Å². The van der Waals surface area contributed by atoms with Crippen molar-refractivity contribution in [3.63, 3.8) is 0 Å². The summed E-state index contributed by atoms with van der Waals surface area (Å²) in [5.41, 5.74) is 0.253. The molecule has 0 spiro atoms. The van der Waals surface area contributed by atoms with Crippen LogP contribution in [0.15, 0.2) is 29.1 Å². The van der Waals surface area contributed by atoms with Crippen LogP contribution in [-0.2, 0) is 11.3 Å². The maximum Gasteiger partial charge on any atom is 0.278 e. The van der Waals surface area contributed by atoms with E-state index in [0.29, 0.717) is 23.5 Å². The van der Waals surface area contributed by atoms with Crippen molar-refractivity contribution in [3.8, 4) is 0 Å². The Morgan fingerprint density at radius 3 is 3.00 bits per heavy atom. The lowest BCUT2D eigenvalue weighted by Crippen LogP contribution is -2.40. The van der Waals surface area contributed by atoms with Crippen molar-refractivity contribution in [2.45, 2.75) is 45.2 Å². The van der Waals surface area contributed by atoms with Crippen LogP contribution in [0.2, 0.25) is 0 Å². The predicted molar refractivity (Wildman–Crippen MR) is 96.3 cm³/mol. The summed E-state index contributed by atoms with van der Waals surface area (Å²) in [5, 5.41) is 11.2. The fourth-order valence-electron chi connectivity index (χ4n) is 3.32. The average Bonchev–Trinajstić information content (AvgIpc) is 2.63. The third-order valence-electron chi connectivity index (χ3n) is 4.81. The van der Waals surface area contributed by atoms with E-state index >= 15 is 0 Å². The zero-order chi connectivity index (χ0) is 17.6. The molecule has 0 saturated carbocycles. The molecule has 1 amide bonds. The monoisotopic (exact) mass is 343 g/mol. The highest BCUT2D eigenvalue weighted by atomic mass is 16.2. The van der Waals surface area contributed by atoms with Crippen molar-refractivity contribution in [2.24, 2.45) is 0 Å². The molecule has 1 aromatic heterocycles. The minimum Gasteiger partial charge on any atom is -0.354 e. The molecule has 7 nitrogen and oxygen atoms in total. The molecule has 1 aromatic carbocycles. The fraction of sp³-hybridized carbons (Fsp3) is 0.556. The van der Waals surface area contributed by atoms with Gasteiger partial charge in [0.05, 0.1) is 5.39 Å². The van der Waals surface area contributed by atoms with Crippen molar-refractivity contribution in [2.75, 3.05) is 19.6 Å². The fourth-order valence-corrected chi connectivity index (χ4v) is 3.32. The van der Waals surface area contributed by atoms with Gasteiger partial charge in [0, 0.05) is 19.1 Å². The molecule has 1 N–H and O–H groups in total. The standard InChI is InChI=1S/C18H25N5O2/c1-14-7-4-5-11-22(14)12-6-10-19-17(24)13-23-18(25)15-8-2-3-9-16(15)20-21-23/h2-3,8-9,14H,4-7,10-13H2,1H3,(H,19,24)/t14-/m0/s1. The molecule has 7 heteroatoms. The van der Waals surface area contributed by atoms with E-state index in [9.17, 15) is 9.59 Å². The number of fused-ring (bicyclic) bond motifs is 1. The smallest absolute Gasteiger partial charge is 0.278 e. The topological polar surface area (TPSA) is 80.1 Å². The minimum absolute atomic E-state index is 0.100. The molecule has 0 unspecified atom stereocenters. The second-order valence-electron chi connectivity index (χ2n) is 6.65. The highest BCUT2D eigenvalue weighted by molar-refractivity contribution is 5.78. The van der Waals surface area contributed by atoms with Gasteiger partial charge < -0.3 is 10.2 Å². The van der Waals surface area contributed by atoms with Crippen molar-refractivity contribution < 1.29 is 4.79 Å². The lowest BCUT2D eigenvalue weighted by atomic mass is 10.0. The van der Waals surface area contributed by atoms with Gasteiger partial charge in [0.15, 0.2) is 0 Å². The third-order valence-corrected chi connectivity index (χ3v) is 4.81. The van der Waals surface area contributed by atoms with Gasteiger partial charge in [0.25, 0.3) is 5.56 Å². The summed E-state index contributed by atoms with van der Waals surface area (Å²) in [6, 6.07) is 7.64. The number of hydrogen-bond donors (Lipinski definition) is 1. The highest BCUT2D eigenvalue weighted by Gasteiger charge is 2.17. The molecule has 2 heterocycles. The molecule has 1 saturated heterocycles. The molecule has 3 rings (SSSR count). The molecule has 1 fully saturated rings. The zero-order valence-electron chi connectivity index (χ0n) is 14.6. The molecule has 1 aliphatic heterocycles. The Kier molecular flexibility index (Phi) is 5.75. The first kappa shape index (κ1) is 17.5. The number of amides is 1. The summed E-state index contributed by atoms with van der Waals surface area (Å²) < 4.78 is 1.12. The van der Waals surface area contributed by atoms with E-state index in [1.807, 2.05) is 0 Å². The van der Waals surface area contributed by atoms with Gasteiger partial charge in [-0.15, -0.1) is 5.10 Å². The van der Waals surface area contributed by atoms with Gasteiger partial charge in [-0.3, -0.25) is 9.59 Å². The third kappa shape index (κ3) is 4.42. The van der Waals surface area contributed by atoms with E-state index in [1.54, 1.807) is 24.3 Å².